The Balaban J connectivity index is 2.08. The normalized spacial score (nSPS) is 15.7. The molecule has 132 valence electrons. The first kappa shape index (κ1) is 19.3. The van der Waals surface area contributed by atoms with Crippen molar-refractivity contribution in [1.82, 2.24) is 16.0 Å². The summed E-state index contributed by atoms with van der Waals surface area (Å²) < 4.78 is 0. The maximum absolute atomic E-state index is 11.7. The van der Waals surface area contributed by atoms with Gasteiger partial charge in [-0.1, -0.05) is 19.3 Å². The zero-order valence-corrected chi connectivity index (χ0v) is 14.1. The third-order valence-electron chi connectivity index (χ3n) is 4.11. The molecular formula is C16H29N3O4. The van der Waals surface area contributed by atoms with Crippen molar-refractivity contribution in [2.24, 2.45) is 5.41 Å². The second-order valence-corrected chi connectivity index (χ2v) is 6.80. The Hall–Kier alpha value is -1.79. The topological polar surface area (TPSA) is 108 Å². The zero-order chi connectivity index (χ0) is 17.3. The van der Waals surface area contributed by atoms with Gasteiger partial charge in [-0.15, -0.1) is 0 Å². The summed E-state index contributed by atoms with van der Waals surface area (Å²) in [5.74, 6) is -1.15. The first-order valence-electron chi connectivity index (χ1n) is 8.36. The molecule has 0 saturated heterocycles. The van der Waals surface area contributed by atoms with Gasteiger partial charge >= 0.3 is 12.0 Å². The molecule has 7 nitrogen and oxygen atoms in total. The van der Waals surface area contributed by atoms with Crippen LogP contribution in [0.2, 0.25) is 0 Å². The van der Waals surface area contributed by atoms with Crippen LogP contribution in [0.3, 0.4) is 0 Å². The molecular weight excluding hydrogens is 298 g/mol. The molecule has 0 aromatic carbocycles. The summed E-state index contributed by atoms with van der Waals surface area (Å²) in [4.78, 5) is 34.3. The molecule has 7 heteroatoms. The molecule has 1 fully saturated rings. The molecule has 1 saturated carbocycles. The minimum atomic E-state index is -0.978. The van der Waals surface area contributed by atoms with Crippen LogP contribution in [0.15, 0.2) is 0 Å². The van der Waals surface area contributed by atoms with E-state index in [1.54, 1.807) is 13.8 Å². The predicted molar refractivity (Wildman–Crippen MR) is 87.1 cm³/mol. The van der Waals surface area contributed by atoms with E-state index >= 15 is 0 Å². The van der Waals surface area contributed by atoms with Gasteiger partial charge in [0.1, 0.15) is 0 Å². The molecule has 1 aliphatic carbocycles. The van der Waals surface area contributed by atoms with E-state index < -0.39 is 11.4 Å². The summed E-state index contributed by atoms with van der Waals surface area (Å²) in [5.41, 5.74) is -0.978. The third-order valence-corrected chi connectivity index (χ3v) is 4.11. The molecule has 0 aromatic heterocycles. The summed E-state index contributed by atoms with van der Waals surface area (Å²) in [6.45, 7) is 3.64. The lowest BCUT2D eigenvalue weighted by molar-refractivity contribution is -0.146. The number of nitrogens with one attached hydrogen (secondary N) is 3. The van der Waals surface area contributed by atoms with Crippen molar-refractivity contribution in [2.45, 2.75) is 64.8 Å². The maximum atomic E-state index is 11.7. The van der Waals surface area contributed by atoms with Crippen molar-refractivity contribution in [3.05, 3.63) is 0 Å². The Bertz CT molecular complexity index is 418. The minimum absolute atomic E-state index is 0.0940. The van der Waals surface area contributed by atoms with Crippen LogP contribution in [-0.2, 0) is 9.59 Å². The molecule has 0 radical (unpaired) electrons. The monoisotopic (exact) mass is 327 g/mol. The Morgan fingerprint density at radius 1 is 1.09 bits per heavy atom. The third kappa shape index (κ3) is 7.85. The van der Waals surface area contributed by atoms with Gasteiger partial charge in [0.2, 0.25) is 5.91 Å². The van der Waals surface area contributed by atoms with Crippen molar-refractivity contribution in [3.63, 3.8) is 0 Å². The highest BCUT2D eigenvalue weighted by Crippen LogP contribution is 2.17. The van der Waals surface area contributed by atoms with Crippen LogP contribution in [0.25, 0.3) is 0 Å². The predicted octanol–water partition coefficient (Wildman–Crippen LogP) is 1.63. The lowest BCUT2D eigenvalue weighted by atomic mass is 9.94. The van der Waals surface area contributed by atoms with Gasteiger partial charge in [-0.05, 0) is 33.1 Å². The van der Waals surface area contributed by atoms with Gasteiger partial charge in [-0.3, -0.25) is 9.59 Å². The van der Waals surface area contributed by atoms with Crippen molar-refractivity contribution in [1.29, 1.82) is 0 Å². The van der Waals surface area contributed by atoms with E-state index in [2.05, 4.69) is 16.0 Å². The quantitative estimate of drug-likeness (QED) is 0.508. The van der Waals surface area contributed by atoms with Crippen LogP contribution in [-0.4, -0.2) is 42.1 Å². The second kappa shape index (κ2) is 9.37. The molecule has 0 aliphatic heterocycles. The van der Waals surface area contributed by atoms with E-state index in [1.165, 1.54) is 6.42 Å². The summed E-state index contributed by atoms with van der Waals surface area (Å²) in [5, 5.41) is 17.3. The minimum Gasteiger partial charge on any atom is -0.481 e. The number of aliphatic carboxylic acids is 1. The number of carboxylic acid groups (broad SMARTS) is 1. The van der Waals surface area contributed by atoms with Gasteiger partial charge < -0.3 is 21.1 Å². The average molecular weight is 327 g/mol. The Labute approximate surface area is 137 Å². The van der Waals surface area contributed by atoms with E-state index in [4.69, 9.17) is 5.11 Å². The van der Waals surface area contributed by atoms with E-state index in [9.17, 15) is 14.4 Å². The number of rotatable bonds is 8. The number of urea groups is 1. The zero-order valence-electron chi connectivity index (χ0n) is 14.1. The molecule has 0 spiro atoms. The fourth-order valence-electron chi connectivity index (χ4n) is 2.42. The molecule has 1 rings (SSSR count). The smallest absolute Gasteiger partial charge is 0.315 e. The fraction of sp³-hybridized carbons (Fsp3) is 0.812. The molecule has 0 atom stereocenters. The fourth-order valence-corrected chi connectivity index (χ4v) is 2.42. The van der Waals surface area contributed by atoms with E-state index in [0.29, 0.717) is 13.0 Å². The highest BCUT2D eigenvalue weighted by Gasteiger charge is 2.27. The van der Waals surface area contributed by atoms with Crippen molar-refractivity contribution in [3.8, 4) is 0 Å². The number of carboxylic acids is 1. The summed E-state index contributed by atoms with van der Waals surface area (Å²) in [6, 6.07) is 0.0922. The molecule has 1 aliphatic rings. The summed E-state index contributed by atoms with van der Waals surface area (Å²) >= 11 is 0. The molecule has 23 heavy (non-hydrogen) atoms. The number of carbonyl (C=O) groups excluding carboxylic acids is 2. The van der Waals surface area contributed by atoms with Gasteiger partial charge in [-0.2, -0.15) is 0 Å². The number of carbonyl (C=O) groups is 3. The van der Waals surface area contributed by atoms with Crippen LogP contribution in [0.4, 0.5) is 4.79 Å². The van der Waals surface area contributed by atoms with Crippen molar-refractivity contribution < 1.29 is 19.5 Å². The Morgan fingerprint density at radius 2 is 1.74 bits per heavy atom. The number of hydrogen-bond donors (Lipinski definition) is 4. The average Bonchev–Trinajstić information content (AvgIpc) is 2.50. The molecule has 0 aromatic rings. The second-order valence-electron chi connectivity index (χ2n) is 6.80. The van der Waals surface area contributed by atoms with Gasteiger partial charge in [0.15, 0.2) is 0 Å². The van der Waals surface area contributed by atoms with Crippen molar-refractivity contribution >= 4 is 17.9 Å². The molecule has 0 heterocycles. The summed E-state index contributed by atoms with van der Waals surface area (Å²) in [6.07, 6.45) is 6.43. The number of amides is 3. The Morgan fingerprint density at radius 3 is 2.35 bits per heavy atom. The maximum Gasteiger partial charge on any atom is 0.315 e. The van der Waals surface area contributed by atoms with Crippen LogP contribution in [0.1, 0.15) is 58.8 Å². The Kier molecular flexibility index (Phi) is 7.85. The van der Waals surface area contributed by atoms with Gasteiger partial charge in [-0.25, -0.2) is 4.79 Å². The van der Waals surface area contributed by atoms with Gasteiger partial charge in [0.25, 0.3) is 0 Å². The van der Waals surface area contributed by atoms with Crippen LogP contribution in [0.5, 0.6) is 0 Å². The molecule has 4 N–H and O–H groups in total. The van der Waals surface area contributed by atoms with Gasteiger partial charge in [0, 0.05) is 25.6 Å². The van der Waals surface area contributed by atoms with E-state index in [-0.39, 0.29) is 30.9 Å². The van der Waals surface area contributed by atoms with Crippen molar-refractivity contribution in [2.75, 3.05) is 13.1 Å². The standard InChI is InChI=1S/C16H29N3O4/c1-16(2,14(21)22)11-18-13(20)9-6-10-17-15(23)19-12-7-4-3-5-8-12/h12H,3-11H2,1-2H3,(H,18,20)(H,21,22)(H2,17,19,23). The lowest BCUT2D eigenvalue weighted by Crippen LogP contribution is -2.43. The summed E-state index contributed by atoms with van der Waals surface area (Å²) in [7, 11) is 0. The highest BCUT2D eigenvalue weighted by molar-refractivity contribution is 5.78. The van der Waals surface area contributed by atoms with E-state index in [1.807, 2.05) is 0 Å². The first-order chi connectivity index (χ1) is 10.8. The highest BCUT2D eigenvalue weighted by atomic mass is 16.4. The lowest BCUT2D eigenvalue weighted by Gasteiger charge is -2.22. The number of hydrogen-bond acceptors (Lipinski definition) is 3. The molecule has 0 unspecified atom stereocenters. The van der Waals surface area contributed by atoms with Crippen LogP contribution in [0, 0.1) is 5.41 Å². The molecule has 0 bridgehead atoms. The SMILES string of the molecule is CC(C)(CNC(=O)CCCNC(=O)NC1CCCCC1)C(=O)O. The molecule has 3 amide bonds. The van der Waals surface area contributed by atoms with E-state index in [0.717, 1.165) is 25.7 Å². The first-order valence-corrected chi connectivity index (χ1v) is 8.36. The largest absolute Gasteiger partial charge is 0.481 e. The van der Waals surface area contributed by atoms with Crippen LogP contribution < -0.4 is 16.0 Å². The van der Waals surface area contributed by atoms with Gasteiger partial charge in [0.05, 0.1) is 5.41 Å². The van der Waals surface area contributed by atoms with Crippen LogP contribution >= 0.6 is 0 Å².